The second-order valence-corrected chi connectivity index (χ2v) is 2.93. The Morgan fingerprint density at radius 1 is 1.58 bits per heavy atom. The van der Waals surface area contributed by atoms with Gasteiger partial charge in [-0.3, -0.25) is 0 Å². The molecule has 4 nitrogen and oxygen atoms in total. The van der Waals surface area contributed by atoms with Crippen LogP contribution >= 0.6 is 0 Å². The van der Waals surface area contributed by atoms with Crippen LogP contribution in [0.25, 0.3) is 0 Å². The topological polar surface area (TPSA) is 36.9 Å². The van der Waals surface area contributed by atoms with Crippen LogP contribution in [0.4, 0.5) is 0 Å². The molecule has 4 heteroatoms. The van der Waals surface area contributed by atoms with E-state index in [2.05, 4.69) is 15.2 Å². The Morgan fingerprint density at radius 2 is 2.42 bits per heavy atom. The van der Waals surface area contributed by atoms with Crippen LogP contribution in [0.15, 0.2) is 17.3 Å². The number of rotatable bonds is 2. The zero-order valence-electron chi connectivity index (χ0n) is 7.16. The van der Waals surface area contributed by atoms with Gasteiger partial charge in [0.1, 0.15) is 0 Å². The lowest BCUT2D eigenvalue weighted by Gasteiger charge is -2.44. The van der Waals surface area contributed by atoms with Crippen LogP contribution in [0.3, 0.4) is 0 Å². The highest BCUT2D eigenvalue weighted by atomic mass is 16.5. The molecule has 0 aromatic carbocycles. The smallest absolute Gasteiger partial charge is 0.302 e. The lowest BCUT2D eigenvalue weighted by molar-refractivity contribution is -0.169. The Morgan fingerprint density at radius 3 is 2.83 bits per heavy atom. The number of aliphatic imine (C=N–C) groups is 1. The summed E-state index contributed by atoms with van der Waals surface area (Å²) in [5.74, 6) is -0.618. The summed E-state index contributed by atoms with van der Waals surface area (Å²) < 4.78 is 5.35. The number of hydrogen-bond acceptors (Lipinski definition) is 4. The molecule has 0 spiro atoms. The van der Waals surface area contributed by atoms with Crippen molar-refractivity contribution in [3.05, 3.63) is 12.3 Å². The molecule has 0 aromatic rings. The second kappa shape index (κ2) is 2.88. The number of allylic oxidation sites excluding steroid dienone is 1. The predicted molar refractivity (Wildman–Crippen MR) is 46.7 cm³/mol. The van der Waals surface area contributed by atoms with Gasteiger partial charge in [-0.2, -0.15) is 0 Å². The molecule has 1 N–H and O–H groups in total. The van der Waals surface area contributed by atoms with Crippen molar-refractivity contribution in [2.75, 3.05) is 20.2 Å². The Hall–Kier alpha value is -0.870. The molecule has 1 atom stereocenters. The van der Waals surface area contributed by atoms with Crippen LogP contribution in [0.1, 0.15) is 6.42 Å². The van der Waals surface area contributed by atoms with E-state index in [1.54, 1.807) is 13.3 Å². The minimum Gasteiger partial charge on any atom is -0.332 e. The van der Waals surface area contributed by atoms with Gasteiger partial charge < -0.3 is 10.1 Å². The van der Waals surface area contributed by atoms with Gasteiger partial charge in [0.05, 0.1) is 0 Å². The molecule has 2 heterocycles. The Labute approximate surface area is 71.9 Å². The normalized spacial score (nSPS) is 34.4. The summed E-state index contributed by atoms with van der Waals surface area (Å²) in [5, 5.41) is 3.11. The van der Waals surface area contributed by atoms with Gasteiger partial charge >= 0.3 is 5.97 Å². The Balaban J connectivity index is 2.12. The molecule has 2 aliphatic heterocycles. The molecule has 0 bridgehead atoms. The standard InChI is InChI=1S/C8H13N3O/c1-12-8(11-6-3-7-11)9-4-2-5-10-8/h2,4-5,9H,3,6-7H2,1H3. The predicted octanol–water partition coefficient (Wildman–Crippen LogP) is 0.138. The van der Waals surface area contributed by atoms with Gasteiger partial charge in [0.2, 0.25) is 0 Å². The highest BCUT2D eigenvalue weighted by molar-refractivity contribution is 5.72. The number of ether oxygens (including phenoxy) is 1. The summed E-state index contributed by atoms with van der Waals surface area (Å²) in [4.78, 5) is 6.44. The van der Waals surface area contributed by atoms with Gasteiger partial charge in [0.15, 0.2) is 0 Å². The van der Waals surface area contributed by atoms with Gasteiger partial charge in [-0.15, -0.1) is 0 Å². The third-order valence-electron chi connectivity index (χ3n) is 2.27. The zero-order chi connectivity index (χ0) is 8.44. The van der Waals surface area contributed by atoms with Crippen LogP contribution in [-0.2, 0) is 4.74 Å². The summed E-state index contributed by atoms with van der Waals surface area (Å²) >= 11 is 0. The maximum Gasteiger partial charge on any atom is 0.302 e. The lowest BCUT2D eigenvalue weighted by atomic mass is 10.2. The fraction of sp³-hybridized carbons (Fsp3) is 0.625. The van der Waals surface area contributed by atoms with Crippen molar-refractivity contribution in [2.45, 2.75) is 12.4 Å². The maximum absolute atomic E-state index is 5.35. The molecule has 66 valence electrons. The molecular formula is C8H13N3O. The Kier molecular flexibility index (Phi) is 1.86. The van der Waals surface area contributed by atoms with Crippen molar-refractivity contribution in [1.29, 1.82) is 0 Å². The summed E-state index contributed by atoms with van der Waals surface area (Å²) in [6.07, 6.45) is 6.70. The lowest BCUT2D eigenvalue weighted by Crippen LogP contribution is -2.62. The van der Waals surface area contributed by atoms with E-state index in [0.717, 1.165) is 13.1 Å². The van der Waals surface area contributed by atoms with Crippen molar-refractivity contribution in [3.63, 3.8) is 0 Å². The number of likely N-dealkylation sites (tertiary alicyclic amines) is 1. The van der Waals surface area contributed by atoms with E-state index in [1.807, 2.05) is 12.3 Å². The molecule has 2 rings (SSSR count). The zero-order valence-corrected chi connectivity index (χ0v) is 7.16. The van der Waals surface area contributed by atoms with Crippen LogP contribution < -0.4 is 5.32 Å². The average Bonchev–Trinajstić information content (AvgIpc) is 2.03. The highest BCUT2D eigenvalue weighted by Gasteiger charge is 2.39. The molecule has 1 saturated heterocycles. The van der Waals surface area contributed by atoms with Gasteiger partial charge in [0, 0.05) is 32.6 Å². The van der Waals surface area contributed by atoms with Crippen LogP contribution in [-0.4, -0.2) is 37.3 Å². The van der Waals surface area contributed by atoms with E-state index >= 15 is 0 Å². The number of nitrogens with one attached hydrogen (secondary N) is 1. The molecule has 0 saturated carbocycles. The molecule has 1 fully saturated rings. The molecule has 12 heavy (non-hydrogen) atoms. The highest BCUT2D eigenvalue weighted by Crippen LogP contribution is 2.22. The fourth-order valence-electron chi connectivity index (χ4n) is 1.41. The SMILES string of the molecule is COC1(N2CCC2)N=CC=CN1. The molecule has 0 radical (unpaired) electrons. The van der Waals surface area contributed by atoms with Gasteiger partial charge in [-0.05, 0) is 12.5 Å². The van der Waals surface area contributed by atoms with Crippen molar-refractivity contribution >= 4 is 6.21 Å². The number of methoxy groups -OCH3 is 1. The van der Waals surface area contributed by atoms with Crippen molar-refractivity contribution in [1.82, 2.24) is 10.2 Å². The quantitative estimate of drug-likeness (QED) is 0.635. The Bertz CT molecular complexity index is 222. The van der Waals surface area contributed by atoms with Crippen molar-refractivity contribution in [2.24, 2.45) is 4.99 Å². The van der Waals surface area contributed by atoms with E-state index < -0.39 is 5.97 Å². The molecule has 1 unspecified atom stereocenters. The summed E-state index contributed by atoms with van der Waals surface area (Å²) in [6.45, 7) is 2.10. The van der Waals surface area contributed by atoms with Gasteiger partial charge in [-0.1, -0.05) is 0 Å². The minimum absolute atomic E-state index is 0.618. The monoisotopic (exact) mass is 167 g/mol. The van der Waals surface area contributed by atoms with E-state index in [4.69, 9.17) is 4.74 Å². The first-order chi connectivity index (χ1) is 5.87. The van der Waals surface area contributed by atoms with Crippen LogP contribution in [0.2, 0.25) is 0 Å². The van der Waals surface area contributed by atoms with Crippen LogP contribution in [0, 0.1) is 0 Å². The van der Waals surface area contributed by atoms with Crippen molar-refractivity contribution < 1.29 is 4.74 Å². The van der Waals surface area contributed by atoms with Gasteiger partial charge in [-0.25, -0.2) is 9.89 Å². The first kappa shape index (κ1) is 7.76. The van der Waals surface area contributed by atoms with E-state index in [0.29, 0.717) is 0 Å². The summed E-state index contributed by atoms with van der Waals surface area (Å²) in [6, 6.07) is 0. The fourth-order valence-corrected chi connectivity index (χ4v) is 1.41. The summed E-state index contributed by atoms with van der Waals surface area (Å²) in [5.41, 5.74) is 0. The second-order valence-electron chi connectivity index (χ2n) is 2.93. The largest absolute Gasteiger partial charge is 0.332 e. The summed E-state index contributed by atoms with van der Waals surface area (Å²) in [7, 11) is 1.67. The molecular weight excluding hydrogens is 154 g/mol. The third-order valence-corrected chi connectivity index (χ3v) is 2.27. The van der Waals surface area contributed by atoms with E-state index in [-0.39, 0.29) is 0 Å². The third kappa shape index (κ3) is 1.04. The first-order valence-corrected chi connectivity index (χ1v) is 4.16. The average molecular weight is 167 g/mol. The molecule has 0 aromatic heterocycles. The minimum atomic E-state index is -0.618. The molecule has 2 aliphatic rings. The molecule has 0 amide bonds. The van der Waals surface area contributed by atoms with Crippen LogP contribution in [0.5, 0.6) is 0 Å². The van der Waals surface area contributed by atoms with E-state index in [9.17, 15) is 0 Å². The number of nitrogens with zero attached hydrogens (tertiary/aromatic N) is 2. The van der Waals surface area contributed by atoms with Crippen molar-refractivity contribution in [3.8, 4) is 0 Å². The molecule has 0 aliphatic carbocycles. The van der Waals surface area contributed by atoms with Gasteiger partial charge in [0.25, 0.3) is 0 Å². The number of hydrogen-bond donors (Lipinski definition) is 1. The van der Waals surface area contributed by atoms with E-state index in [1.165, 1.54) is 6.42 Å². The maximum atomic E-state index is 5.35. The first-order valence-electron chi connectivity index (χ1n) is 4.16.